The third-order valence-corrected chi connectivity index (χ3v) is 7.46. The molecule has 3 rings (SSSR count). The Bertz CT molecular complexity index is 687. The summed E-state index contributed by atoms with van der Waals surface area (Å²) in [5.74, 6) is 1.19. The zero-order chi connectivity index (χ0) is 18.4. The van der Waals surface area contributed by atoms with Crippen molar-refractivity contribution < 1.29 is 17.9 Å². The molecule has 2 aliphatic rings. The van der Waals surface area contributed by atoms with Crippen molar-refractivity contribution in [2.75, 3.05) is 58.2 Å². The van der Waals surface area contributed by atoms with Gasteiger partial charge in [-0.2, -0.15) is 17.0 Å². The van der Waals surface area contributed by atoms with Crippen LogP contribution in [-0.2, 0) is 25.5 Å². The molecule has 0 atom stereocenters. The summed E-state index contributed by atoms with van der Waals surface area (Å²) in [5.41, 5.74) is 1.09. The summed E-state index contributed by atoms with van der Waals surface area (Å²) >= 11 is 1.55. The molecule has 0 unspecified atom stereocenters. The second-order valence-corrected chi connectivity index (χ2v) is 9.07. The van der Waals surface area contributed by atoms with Gasteiger partial charge in [0, 0.05) is 57.4 Å². The van der Waals surface area contributed by atoms with Crippen molar-refractivity contribution in [2.45, 2.75) is 5.75 Å². The highest BCUT2D eigenvalue weighted by atomic mass is 32.2. The predicted octanol–water partition coefficient (Wildman–Crippen LogP) is 0.0360. The van der Waals surface area contributed by atoms with E-state index in [1.165, 1.54) is 8.61 Å². The van der Waals surface area contributed by atoms with Crippen LogP contribution < -0.4 is 0 Å². The van der Waals surface area contributed by atoms with Crippen molar-refractivity contribution >= 4 is 27.9 Å². The van der Waals surface area contributed by atoms with E-state index in [1.54, 1.807) is 29.1 Å². The van der Waals surface area contributed by atoms with Gasteiger partial charge in [0.1, 0.15) is 0 Å². The van der Waals surface area contributed by atoms with Gasteiger partial charge in [0.15, 0.2) is 0 Å². The smallest absolute Gasteiger partial charge is 0.282 e. The Kier molecular flexibility index (Phi) is 6.87. The number of aromatic nitrogens is 1. The van der Waals surface area contributed by atoms with Crippen molar-refractivity contribution in [2.24, 2.45) is 0 Å². The Morgan fingerprint density at radius 2 is 1.81 bits per heavy atom. The molecule has 0 aromatic carbocycles. The lowest BCUT2D eigenvalue weighted by molar-refractivity contribution is -0.129. The third kappa shape index (κ3) is 4.95. The van der Waals surface area contributed by atoms with Gasteiger partial charge >= 0.3 is 0 Å². The van der Waals surface area contributed by atoms with E-state index in [2.05, 4.69) is 4.98 Å². The van der Waals surface area contributed by atoms with Crippen LogP contribution in [0.4, 0.5) is 0 Å². The number of hydrogen-bond acceptors (Lipinski definition) is 6. The molecule has 0 N–H and O–H groups in total. The van der Waals surface area contributed by atoms with Crippen LogP contribution in [0.15, 0.2) is 24.5 Å². The van der Waals surface area contributed by atoms with Crippen LogP contribution in [0.5, 0.6) is 0 Å². The number of rotatable bonds is 6. The first-order chi connectivity index (χ1) is 12.6. The van der Waals surface area contributed by atoms with Crippen molar-refractivity contribution in [3.63, 3.8) is 0 Å². The van der Waals surface area contributed by atoms with Gasteiger partial charge in [-0.25, -0.2) is 0 Å². The number of ether oxygens (including phenoxy) is 1. The summed E-state index contributed by atoms with van der Waals surface area (Å²) in [6.07, 6.45) is 3.52. The Hall–Kier alpha value is -1.20. The molecular formula is C16H24N4O4S2. The number of hydrogen-bond donors (Lipinski definition) is 0. The Labute approximate surface area is 158 Å². The minimum Gasteiger partial charge on any atom is -0.379 e. The average molecular weight is 401 g/mol. The van der Waals surface area contributed by atoms with Gasteiger partial charge in [-0.1, -0.05) is 6.07 Å². The Morgan fingerprint density at radius 3 is 2.46 bits per heavy atom. The van der Waals surface area contributed by atoms with Crippen molar-refractivity contribution in [1.82, 2.24) is 18.5 Å². The molecule has 0 bridgehead atoms. The molecule has 8 nitrogen and oxygen atoms in total. The molecule has 1 aromatic heterocycles. The highest BCUT2D eigenvalue weighted by Crippen LogP contribution is 2.16. The van der Waals surface area contributed by atoms with E-state index in [-0.39, 0.29) is 5.91 Å². The average Bonchev–Trinajstić information content (AvgIpc) is 2.69. The van der Waals surface area contributed by atoms with Gasteiger partial charge in [0.25, 0.3) is 10.2 Å². The fraction of sp³-hybridized carbons (Fsp3) is 0.625. The third-order valence-electron chi connectivity index (χ3n) is 4.43. The maximum absolute atomic E-state index is 12.6. The summed E-state index contributed by atoms with van der Waals surface area (Å²) in [7, 11) is -3.45. The van der Waals surface area contributed by atoms with Gasteiger partial charge in [0.2, 0.25) is 5.91 Å². The van der Waals surface area contributed by atoms with Crippen LogP contribution in [0.3, 0.4) is 0 Å². The van der Waals surface area contributed by atoms with Gasteiger partial charge < -0.3 is 9.64 Å². The van der Waals surface area contributed by atoms with E-state index in [1.807, 2.05) is 12.1 Å². The van der Waals surface area contributed by atoms with Crippen LogP contribution in [0.2, 0.25) is 0 Å². The molecule has 0 saturated carbocycles. The van der Waals surface area contributed by atoms with E-state index < -0.39 is 10.2 Å². The topological polar surface area (TPSA) is 83.1 Å². The summed E-state index contributed by atoms with van der Waals surface area (Å²) in [4.78, 5) is 18.2. The summed E-state index contributed by atoms with van der Waals surface area (Å²) in [6.45, 7) is 3.24. The summed E-state index contributed by atoms with van der Waals surface area (Å²) < 4.78 is 33.4. The lowest BCUT2D eigenvalue weighted by Crippen LogP contribution is -2.56. The zero-order valence-electron chi connectivity index (χ0n) is 14.6. The molecule has 2 saturated heterocycles. The first-order valence-electron chi connectivity index (χ1n) is 8.65. The van der Waals surface area contributed by atoms with Crippen LogP contribution in [0.1, 0.15) is 5.56 Å². The first kappa shape index (κ1) is 19.6. The minimum absolute atomic E-state index is 0.0577. The number of morpholine rings is 1. The van der Waals surface area contributed by atoms with Gasteiger partial charge in [-0.15, -0.1) is 11.8 Å². The van der Waals surface area contributed by atoms with Crippen LogP contribution in [0.25, 0.3) is 0 Å². The fourth-order valence-electron chi connectivity index (χ4n) is 2.94. The number of thioether (sulfide) groups is 1. The SMILES string of the molecule is O=C(CSCc1cccnc1)N1CCN(S(=O)(=O)N2CCOCC2)CC1. The van der Waals surface area contributed by atoms with Gasteiger partial charge in [0.05, 0.1) is 19.0 Å². The molecule has 0 aliphatic carbocycles. The quantitative estimate of drug-likeness (QED) is 0.670. The number of nitrogens with zero attached hydrogens (tertiary/aromatic N) is 4. The molecule has 0 spiro atoms. The number of carbonyl (C=O) groups is 1. The monoisotopic (exact) mass is 400 g/mol. The van der Waals surface area contributed by atoms with Crippen LogP contribution >= 0.6 is 11.8 Å². The van der Waals surface area contributed by atoms with E-state index in [9.17, 15) is 13.2 Å². The fourth-order valence-corrected chi connectivity index (χ4v) is 5.37. The maximum Gasteiger partial charge on any atom is 0.282 e. The van der Waals surface area contributed by atoms with E-state index in [0.717, 1.165) is 11.3 Å². The second-order valence-electron chi connectivity index (χ2n) is 6.15. The van der Waals surface area contributed by atoms with E-state index >= 15 is 0 Å². The number of pyridine rings is 1. The number of piperazine rings is 1. The minimum atomic E-state index is -3.45. The Morgan fingerprint density at radius 1 is 1.12 bits per heavy atom. The molecule has 1 amide bonds. The lowest BCUT2D eigenvalue weighted by atomic mass is 10.3. The maximum atomic E-state index is 12.6. The van der Waals surface area contributed by atoms with Gasteiger partial charge in [-0.3, -0.25) is 9.78 Å². The molecule has 0 radical (unpaired) electrons. The molecule has 2 aliphatic heterocycles. The zero-order valence-corrected chi connectivity index (χ0v) is 16.3. The second kappa shape index (κ2) is 9.14. The standard InChI is InChI=1S/C16H24N4O4S2/c21-16(14-25-13-15-2-1-3-17-12-15)18-4-6-19(7-5-18)26(22,23)20-8-10-24-11-9-20/h1-3,12H,4-11,13-14H2. The van der Waals surface area contributed by atoms with Crippen LogP contribution in [-0.4, -0.2) is 91.1 Å². The van der Waals surface area contributed by atoms with E-state index in [4.69, 9.17) is 4.74 Å². The number of amides is 1. The molecule has 2 fully saturated rings. The normalized spacial score (nSPS) is 20.2. The van der Waals surface area contributed by atoms with Crippen molar-refractivity contribution in [3.05, 3.63) is 30.1 Å². The molecule has 26 heavy (non-hydrogen) atoms. The predicted molar refractivity (Wildman–Crippen MR) is 99.9 cm³/mol. The number of carbonyl (C=O) groups excluding carboxylic acids is 1. The van der Waals surface area contributed by atoms with Crippen LogP contribution in [0, 0.1) is 0 Å². The molecule has 1 aromatic rings. The Balaban J connectivity index is 1.43. The molecule has 144 valence electrons. The highest BCUT2D eigenvalue weighted by Gasteiger charge is 2.34. The largest absolute Gasteiger partial charge is 0.379 e. The molecule has 10 heteroatoms. The molecular weight excluding hydrogens is 376 g/mol. The lowest BCUT2D eigenvalue weighted by Gasteiger charge is -2.37. The summed E-state index contributed by atoms with van der Waals surface area (Å²) in [5, 5.41) is 0. The van der Waals surface area contributed by atoms with E-state index in [0.29, 0.717) is 58.2 Å². The first-order valence-corrected chi connectivity index (χ1v) is 11.2. The summed E-state index contributed by atoms with van der Waals surface area (Å²) in [6, 6.07) is 3.87. The van der Waals surface area contributed by atoms with Crippen molar-refractivity contribution in [1.29, 1.82) is 0 Å². The molecule has 3 heterocycles. The van der Waals surface area contributed by atoms with Crippen molar-refractivity contribution in [3.8, 4) is 0 Å². The van der Waals surface area contributed by atoms with Gasteiger partial charge in [-0.05, 0) is 11.6 Å². The highest BCUT2D eigenvalue weighted by molar-refractivity contribution is 7.99.